The predicted octanol–water partition coefficient (Wildman–Crippen LogP) is 4.22. The number of benzene rings is 1. The monoisotopic (exact) mass is 427 g/mol. The number of thiazole rings is 1. The third-order valence-electron chi connectivity index (χ3n) is 4.73. The maximum Gasteiger partial charge on any atom is 0.294 e. The van der Waals surface area contributed by atoms with Gasteiger partial charge in [-0.05, 0) is 37.6 Å². The summed E-state index contributed by atoms with van der Waals surface area (Å²) in [5.74, 6) is -4.06. The van der Waals surface area contributed by atoms with Crippen molar-refractivity contribution in [3.05, 3.63) is 86.8 Å². The molecule has 0 spiro atoms. The van der Waals surface area contributed by atoms with Crippen LogP contribution in [-0.2, 0) is 4.79 Å². The van der Waals surface area contributed by atoms with Crippen molar-refractivity contribution in [2.45, 2.75) is 19.9 Å². The van der Waals surface area contributed by atoms with Gasteiger partial charge in [0.25, 0.3) is 5.91 Å². The lowest BCUT2D eigenvalue weighted by Crippen LogP contribution is -2.32. The minimum absolute atomic E-state index is 0.233. The molecule has 3 heterocycles. The maximum absolute atomic E-state index is 14.6. The molecule has 4 rings (SSSR count). The molecule has 1 aliphatic heterocycles. The molecule has 1 N–H and O–H groups in total. The van der Waals surface area contributed by atoms with E-state index in [1.54, 1.807) is 26.0 Å². The van der Waals surface area contributed by atoms with Crippen molar-refractivity contribution in [2.75, 3.05) is 4.90 Å². The molecule has 0 saturated carbocycles. The van der Waals surface area contributed by atoms with E-state index in [2.05, 4.69) is 9.97 Å². The summed E-state index contributed by atoms with van der Waals surface area (Å²) < 4.78 is 28.4. The average Bonchev–Trinajstić information content (AvgIpc) is 3.20. The molecule has 2 aromatic heterocycles. The van der Waals surface area contributed by atoms with E-state index in [9.17, 15) is 23.5 Å². The number of hydrogen-bond donors (Lipinski definition) is 1. The molecular weight excluding hydrogens is 412 g/mol. The van der Waals surface area contributed by atoms with Crippen LogP contribution in [0.15, 0.2) is 54.1 Å². The zero-order chi connectivity index (χ0) is 21.6. The van der Waals surface area contributed by atoms with Crippen molar-refractivity contribution in [3.63, 3.8) is 0 Å². The van der Waals surface area contributed by atoms with Crippen molar-refractivity contribution in [2.24, 2.45) is 0 Å². The summed E-state index contributed by atoms with van der Waals surface area (Å²) in [6.07, 6.45) is 2.90. The number of anilines is 1. The number of aliphatic hydroxyl groups is 1. The number of rotatable bonds is 4. The molecule has 1 atom stereocenters. The van der Waals surface area contributed by atoms with Gasteiger partial charge in [-0.2, -0.15) is 0 Å². The van der Waals surface area contributed by atoms with E-state index in [-0.39, 0.29) is 16.1 Å². The molecule has 3 aromatic rings. The summed E-state index contributed by atoms with van der Waals surface area (Å²) in [7, 11) is 0. The van der Waals surface area contributed by atoms with Crippen LogP contribution in [0.25, 0.3) is 0 Å². The number of ketones is 1. The molecule has 0 fully saturated rings. The Morgan fingerprint density at radius 1 is 1.23 bits per heavy atom. The summed E-state index contributed by atoms with van der Waals surface area (Å²) in [5.41, 5.74) is 0.195. The topological polar surface area (TPSA) is 83.4 Å². The molecule has 30 heavy (non-hydrogen) atoms. The fourth-order valence-corrected chi connectivity index (χ4v) is 4.35. The van der Waals surface area contributed by atoms with E-state index in [4.69, 9.17) is 0 Å². The number of aryl methyl sites for hydroxylation is 2. The van der Waals surface area contributed by atoms with Gasteiger partial charge in [0.05, 0.1) is 32.9 Å². The molecule has 1 unspecified atom stereocenters. The Balaban J connectivity index is 1.92. The van der Waals surface area contributed by atoms with Gasteiger partial charge < -0.3 is 5.11 Å². The van der Waals surface area contributed by atoms with Crippen LogP contribution in [0.1, 0.15) is 32.0 Å². The number of aliphatic hydroxyl groups excluding tert-OH is 1. The standard InChI is InChI=1S/C21H15F2N3O3S/c1-10-20(30-11(2)25-10)18(27)16-17(12-4-3-7-24-9-12)26(21(29)19(16)28)15-8-13(22)5-6-14(15)23/h3-9,17,28H,1-2H3. The van der Waals surface area contributed by atoms with Crippen LogP contribution in [0, 0.1) is 25.5 Å². The van der Waals surface area contributed by atoms with Gasteiger partial charge in [-0.1, -0.05) is 6.07 Å². The van der Waals surface area contributed by atoms with Gasteiger partial charge in [-0.25, -0.2) is 13.8 Å². The first-order chi connectivity index (χ1) is 14.3. The lowest BCUT2D eigenvalue weighted by Gasteiger charge is -2.27. The molecule has 1 aromatic carbocycles. The second kappa shape index (κ2) is 7.42. The van der Waals surface area contributed by atoms with Crippen LogP contribution in [0.2, 0.25) is 0 Å². The summed E-state index contributed by atoms with van der Waals surface area (Å²) >= 11 is 1.13. The largest absolute Gasteiger partial charge is 0.503 e. The molecule has 0 bridgehead atoms. The van der Waals surface area contributed by atoms with Crippen LogP contribution < -0.4 is 4.90 Å². The van der Waals surface area contributed by atoms with Gasteiger partial charge in [0.15, 0.2) is 5.76 Å². The van der Waals surface area contributed by atoms with Crippen LogP contribution in [-0.4, -0.2) is 26.8 Å². The number of carbonyl (C=O) groups is 2. The summed E-state index contributed by atoms with van der Waals surface area (Å²) in [6.45, 7) is 3.38. The Morgan fingerprint density at radius 3 is 2.63 bits per heavy atom. The minimum atomic E-state index is -1.18. The van der Waals surface area contributed by atoms with Crippen molar-refractivity contribution < 1.29 is 23.5 Å². The lowest BCUT2D eigenvalue weighted by molar-refractivity contribution is -0.117. The highest BCUT2D eigenvalue weighted by molar-refractivity contribution is 7.14. The van der Waals surface area contributed by atoms with E-state index in [1.807, 2.05) is 0 Å². The third-order valence-corrected chi connectivity index (χ3v) is 5.80. The smallest absolute Gasteiger partial charge is 0.294 e. The molecule has 0 aliphatic carbocycles. The number of Topliss-reactive ketones (excluding diaryl/α,β-unsaturated/α-hetero) is 1. The van der Waals surface area contributed by atoms with E-state index < -0.39 is 35.1 Å². The molecular formula is C21H15F2N3O3S. The minimum Gasteiger partial charge on any atom is -0.503 e. The highest BCUT2D eigenvalue weighted by Gasteiger charge is 2.46. The quantitative estimate of drug-likeness (QED) is 0.631. The predicted molar refractivity (Wildman–Crippen MR) is 106 cm³/mol. The van der Waals surface area contributed by atoms with Crippen LogP contribution in [0.3, 0.4) is 0 Å². The van der Waals surface area contributed by atoms with Crippen molar-refractivity contribution in [1.82, 2.24) is 9.97 Å². The number of halogens is 2. The summed E-state index contributed by atoms with van der Waals surface area (Å²) in [4.78, 5) is 35.6. The highest BCUT2D eigenvalue weighted by Crippen LogP contribution is 2.43. The maximum atomic E-state index is 14.6. The molecule has 6 nitrogen and oxygen atoms in total. The van der Waals surface area contributed by atoms with Gasteiger partial charge in [-0.3, -0.25) is 19.5 Å². The first kappa shape index (κ1) is 19.8. The molecule has 0 saturated heterocycles. The number of carbonyl (C=O) groups excluding carboxylic acids is 2. The number of pyridine rings is 1. The number of aromatic nitrogens is 2. The van der Waals surface area contributed by atoms with Gasteiger partial charge in [0, 0.05) is 18.5 Å². The van der Waals surface area contributed by atoms with E-state index in [0.717, 1.165) is 34.4 Å². The molecule has 9 heteroatoms. The summed E-state index contributed by atoms with van der Waals surface area (Å²) in [6, 6.07) is 4.63. The van der Waals surface area contributed by atoms with Crippen LogP contribution in [0.5, 0.6) is 0 Å². The lowest BCUT2D eigenvalue weighted by atomic mass is 9.96. The number of hydrogen-bond acceptors (Lipinski definition) is 6. The van der Waals surface area contributed by atoms with E-state index in [1.165, 1.54) is 12.4 Å². The Morgan fingerprint density at radius 2 is 2.00 bits per heavy atom. The SMILES string of the molecule is Cc1nc(C)c(C(=O)C2=C(O)C(=O)N(c3cc(F)ccc3F)C2c2cccnc2)s1. The van der Waals surface area contributed by atoms with Gasteiger partial charge >= 0.3 is 0 Å². The first-order valence-corrected chi connectivity index (χ1v) is 9.71. The molecule has 0 radical (unpaired) electrons. The van der Waals surface area contributed by atoms with Crippen LogP contribution >= 0.6 is 11.3 Å². The Labute approximate surface area is 174 Å². The molecule has 1 amide bonds. The zero-order valence-corrected chi connectivity index (χ0v) is 16.7. The fourth-order valence-electron chi connectivity index (χ4n) is 3.47. The van der Waals surface area contributed by atoms with E-state index >= 15 is 0 Å². The normalized spacial score (nSPS) is 16.5. The average molecular weight is 427 g/mol. The van der Waals surface area contributed by atoms with Gasteiger partial charge in [0.2, 0.25) is 5.78 Å². The van der Waals surface area contributed by atoms with E-state index in [0.29, 0.717) is 16.3 Å². The zero-order valence-electron chi connectivity index (χ0n) is 15.9. The molecule has 1 aliphatic rings. The molecule has 152 valence electrons. The van der Waals surface area contributed by atoms with Crippen LogP contribution in [0.4, 0.5) is 14.5 Å². The summed E-state index contributed by atoms with van der Waals surface area (Å²) in [5, 5.41) is 11.3. The Bertz CT molecular complexity index is 1210. The Kier molecular flexibility index (Phi) is 4.90. The van der Waals surface area contributed by atoms with Crippen molar-refractivity contribution in [3.8, 4) is 0 Å². The van der Waals surface area contributed by atoms with Crippen molar-refractivity contribution in [1.29, 1.82) is 0 Å². The first-order valence-electron chi connectivity index (χ1n) is 8.90. The van der Waals surface area contributed by atoms with Crippen molar-refractivity contribution >= 4 is 28.7 Å². The number of amides is 1. The fraction of sp³-hybridized carbons (Fsp3) is 0.143. The van der Waals surface area contributed by atoms with Gasteiger partial charge in [-0.15, -0.1) is 11.3 Å². The second-order valence-electron chi connectivity index (χ2n) is 6.70. The third kappa shape index (κ3) is 3.17. The van der Waals surface area contributed by atoms with Gasteiger partial charge in [0.1, 0.15) is 11.6 Å². The Hall–Kier alpha value is -3.46. The second-order valence-corrected chi connectivity index (χ2v) is 7.90. The number of nitrogens with zero attached hydrogens (tertiary/aromatic N) is 3. The highest BCUT2D eigenvalue weighted by atomic mass is 32.1.